The fourth-order valence-corrected chi connectivity index (χ4v) is 5.53. The molecule has 2 fully saturated rings. The Bertz CT molecular complexity index is 1270. The molecule has 0 N–H and O–H groups in total. The van der Waals surface area contributed by atoms with E-state index >= 15 is 0 Å². The molecule has 37 heavy (non-hydrogen) atoms. The summed E-state index contributed by atoms with van der Waals surface area (Å²) >= 11 is 0. The van der Waals surface area contributed by atoms with Gasteiger partial charge in [0.1, 0.15) is 11.6 Å². The first kappa shape index (κ1) is 24.8. The number of benzene rings is 3. The predicted molar refractivity (Wildman–Crippen MR) is 142 cm³/mol. The molecule has 6 nitrogen and oxygen atoms in total. The molecular weight excluding hydrogens is 469 g/mol. The predicted octanol–water partition coefficient (Wildman–Crippen LogP) is 4.35. The lowest BCUT2D eigenvalue weighted by Gasteiger charge is -2.38. The molecule has 0 saturated carbocycles. The largest absolute Gasteiger partial charge is 0.497 e. The molecule has 2 aliphatic rings. The number of piperazine rings is 1. The summed E-state index contributed by atoms with van der Waals surface area (Å²) in [5.41, 5.74) is 3.44. The maximum Gasteiger partial charge on any atom is 0.256 e. The van der Waals surface area contributed by atoms with E-state index in [1.54, 1.807) is 24.1 Å². The maximum atomic E-state index is 14.4. The topological polar surface area (TPSA) is 53.1 Å². The minimum Gasteiger partial charge on any atom is -0.497 e. The van der Waals surface area contributed by atoms with Crippen molar-refractivity contribution in [2.24, 2.45) is 5.92 Å². The van der Waals surface area contributed by atoms with Crippen molar-refractivity contribution in [3.8, 4) is 5.75 Å². The lowest BCUT2D eigenvalue weighted by atomic mass is 9.87. The number of carbonyl (C=O) groups excluding carboxylic acids is 2. The molecule has 3 aromatic carbocycles. The molecule has 2 heterocycles. The van der Waals surface area contributed by atoms with Crippen molar-refractivity contribution in [3.63, 3.8) is 0 Å². The monoisotopic (exact) mass is 501 g/mol. The van der Waals surface area contributed by atoms with Crippen LogP contribution < -0.4 is 9.64 Å². The Kier molecular flexibility index (Phi) is 7.12. The third-order valence-corrected chi connectivity index (χ3v) is 7.62. The quantitative estimate of drug-likeness (QED) is 0.522. The molecule has 2 atom stereocenters. The van der Waals surface area contributed by atoms with E-state index in [0.29, 0.717) is 19.6 Å². The number of hydrogen-bond acceptors (Lipinski definition) is 4. The Morgan fingerprint density at radius 2 is 1.51 bits per heavy atom. The minimum absolute atomic E-state index is 0.0379. The van der Waals surface area contributed by atoms with Crippen molar-refractivity contribution >= 4 is 17.5 Å². The van der Waals surface area contributed by atoms with Gasteiger partial charge in [-0.25, -0.2) is 4.39 Å². The summed E-state index contributed by atoms with van der Waals surface area (Å²) in [5.74, 6) is -0.713. The maximum absolute atomic E-state index is 14.4. The van der Waals surface area contributed by atoms with Gasteiger partial charge in [0.25, 0.3) is 5.91 Å². The highest BCUT2D eigenvalue weighted by Crippen LogP contribution is 2.36. The van der Waals surface area contributed by atoms with Gasteiger partial charge in [0.05, 0.1) is 18.6 Å². The van der Waals surface area contributed by atoms with Gasteiger partial charge in [0, 0.05) is 50.9 Å². The van der Waals surface area contributed by atoms with E-state index < -0.39 is 11.7 Å². The van der Waals surface area contributed by atoms with Crippen LogP contribution in [0, 0.1) is 18.7 Å². The normalized spacial score (nSPS) is 19.7. The number of amides is 2. The number of aryl methyl sites for hydroxylation is 1. The van der Waals surface area contributed by atoms with E-state index in [1.165, 1.54) is 23.4 Å². The number of nitrogens with zero attached hydrogens (tertiary/aromatic N) is 3. The SMILES string of the molecule is COc1ccc([C@H]2CN(C(=O)c3ccccc3F)C[C@@H]2C(=O)N2CCN(c3ccccc3C)CC2)cc1. The lowest BCUT2D eigenvalue weighted by molar-refractivity contribution is -0.135. The standard InChI is InChI=1S/C30H32FN3O3/c1-21-7-3-6-10-28(21)32-15-17-33(18-16-32)30(36)26-20-34(29(35)24-8-4-5-9-27(24)31)19-25(26)22-11-13-23(37-2)14-12-22/h3-14,25-26H,15-20H2,1-2H3/t25-,26+/m1/s1. The third kappa shape index (κ3) is 5.03. The Balaban J connectivity index is 1.35. The second-order valence-corrected chi connectivity index (χ2v) is 9.77. The third-order valence-electron chi connectivity index (χ3n) is 7.62. The van der Waals surface area contributed by atoms with Gasteiger partial charge in [0.15, 0.2) is 0 Å². The van der Waals surface area contributed by atoms with Gasteiger partial charge >= 0.3 is 0 Å². The molecule has 0 aromatic heterocycles. The van der Waals surface area contributed by atoms with Gasteiger partial charge in [-0.1, -0.05) is 42.5 Å². The Hall–Kier alpha value is -3.87. The van der Waals surface area contributed by atoms with E-state index in [-0.39, 0.29) is 29.8 Å². The summed E-state index contributed by atoms with van der Waals surface area (Å²) in [5, 5.41) is 0. The van der Waals surface area contributed by atoms with Crippen LogP contribution in [0.2, 0.25) is 0 Å². The van der Waals surface area contributed by atoms with Crippen molar-refractivity contribution in [2.45, 2.75) is 12.8 Å². The highest BCUT2D eigenvalue weighted by Gasteiger charge is 2.43. The van der Waals surface area contributed by atoms with Crippen LogP contribution in [-0.2, 0) is 4.79 Å². The number of carbonyl (C=O) groups is 2. The van der Waals surface area contributed by atoms with Crippen LogP contribution in [0.15, 0.2) is 72.8 Å². The smallest absolute Gasteiger partial charge is 0.256 e. The molecular formula is C30H32FN3O3. The summed E-state index contributed by atoms with van der Waals surface area (Å²) in [4.78, 5) is 33.0. The van der Waals surface area contributed by atoms with Crippen LogP contribution >= 0.6 is 0 Å². The molecule has 0 unspecified atom stereocenters. The van der Waals surface area contributed by atoms with E-state index in [4.69, 9.17) is 4.74 Å². The second kappa shape index (κ2) is 10.6. The fourth-order valence-electron chi connectivity index (χ4n) is 5.53. The van der Waals surface area contributed by atoms with E-state index in [2.05, 4.69) is 24.0 Å². The molecule has 0 spiro atoms. The summed E-state index contributed by atoms with van der Waals surface area (Å²) in [6.45, 7) is 5.50. The fraction of sp³-hybridized carbons (Fsp3) is 0.333. The molecule has 7 heteroatoms. The molecule has 0 aliphatic carbocycles. The van der Waals surface area contributed by atoms with Crippen molar-refractivity contribution in [2.75, 3.05) is 51.3 Å². The van der Waals surface area contributed by atoms with Gasteiger partial charge in [-0.3, -0.25) is 9.59 Å². The minimum atomic E-state index is -0.546. The molecule has 3 aromatic rings. The van der Waals surface area contributed by atoms with Crippen molar-refractivity contribution in [1.82, 2.24) is 9.80 Å². The van der Waals surface area contributed by atoms with Gasteiger partial charge in [-0.05, 0) is 48.4 Å². The van der Waals surface area contributed by atoms with E-state index in [0.717, 1.165) is 24.4 Å². The first-order valence-corrected chi connectivity index (χ1v) is 12.7. The van der Waals surface area contributed by atoms with Crippen LogP contribution in [0.25, 0.3) is 0 Å². The first-order valence-electron chi connectivity index (χ1n) is 12.7. The summed E-state index contributed by atoms with van der Waals surface area (Å²) in [6, 6.07) is 22.0. The highest BCUT2D eigenvalue weighted by molar-refractivity contribution is 5.95. The summed E-state index contributed by atoms with van der Waals surface area (Å²) in [6.07, 6.45) is 0. The van der Waals surface area contributed by atoms with Crippen LogP contribution in [0.1, 0.15) is 27.4 Å². The molecule has 0 radical (unpaired) electrons. The molecule has 5 rings (SSSR count). The summed E-state index contributed by atoms with van der Waals surface area (Å²) < 4.78 is 19.7. The molecule has 2 aliphatic heterocycles. The number of halogens is 1. The second-order valence-electron chi connectivity index (χ2n) is 9.77. The Morgan fingerprint density at radius 3 is 2.19 bits per heavy atom. The first-order chi connectivity index (χ1) is 18.0. The average molecular weight is 502 g/mol. The van der Waals surface area contributed by atoms with E-state index in [1.807, 2.05) is 41.3 Å². The van der Waals surface area contributed by atoms with Crippen LogP contribution in [0.3, 0.4) is 0 Å². The number of methoxy groups -OCH3 is 1. The molecule has 2 saturated heterocycles. The van der Waals surface area contributed by atoms with E-state index in [9.17, 15) is 14.0 Å². The van der Waals surface area contributed by atoms with Gasteiger partial charge in [-0.2, -0.15) is 0 Å². The van der Waals surface area contributed by atoms with Crippen LogP contribution in [0.5, 0.6) is 5.75 Å². The zero-order valence-corrected chi connectivity index (χ0v) is 21.3. The molecule has 192 valence electrons. The number of likely N-dealkylation sites (tertiary alicyclic amines) is 1. The van der Waals surface area contributed by atoms with Crippen molar-refractivity contribution in [3.05, 3.63) is 95.3 Å². The summed E-state index contributed by atoms with van der Waals surface area (Å²) in [7, 11) is 1.61. The Labute approximate surface area is 217 Å². The van der Waals surface area contributed by atoms with Gasteiger partial charge < -0.3 is 19.4 Å². The Morgan fingerprint density at radius 1 is 0.838 bits per heavy atom. The highest BCUT2D eigenvalue weighted by atomic mass is 19.1. The van der Waals surface area contributed by atoms with Crippen LogP contribution in [-0.4, -0.2) is 68.0 Å². The molecule has 2 amide bonds. The van der Waals surface area contributed by atoms with Crippen LogP contribution in [0.4, 0.5) is 10.1 Å². The van der Waals surface area contributed by atoms with Gasteiger partial charge in [-0.15, -0.1) is 0 Å². The number of anilines is 1. The average Bonchev–Trinajstić information content (AvgIpc) is 3.38. The number of para-hydroxylation sites is 1. The number of ether oxygens (including phenoxy) is 1. The zero-order chi connectivity index (χ0) is 25.9. The molecule has 0 bridgehead atoms. The zero-order valence-electron chi connectivity index (χ0n) is 21.3. The van der Waals surface area contributed by atoms with Crippen molar-refractivity contribution < 1.29 is 18.7 Å². The number of rotatable bonds is 5. The van der Waals surface area contributed by atoms with Gasteiger partial charge in [0.2, 0.25) is 5.91 Å². The van der Waals surface area contributed by atoms with Crippen molar-refractivity contribution in [1.29, 1.82) is 0 Å². The lowest BCUT2D eigenvalue weighted by Crippen LogP contribution is -2.51. The number of hydrogen-bond donors (Lipinski definition) is 0.